The highest BCUT2D eigenvalue weighted by Gasteiger charge is 2.14. The van der Waals surface area contributed by atoms with Crippen molar-refractivity contribution < 1.29 is 32.6 Å². The Morgan fingerprint density at radius 1 is 1.10 bits per heavy atom. The van der Waals surface area contributed by atoms with Gasteiger partial charge in [-0.3, -0.25) is 4.57 Å². The molecule has 0 saturated heterocycles. The molecule has 2 aromatic rings. The molecule has 2 rings (SSSR count). The molecule has 11 heteroatoms. The van der Waals surface area contributed by atoms with Crippen LogP contribution in [0.4, 0.5) is 0 Å². The molecule has 0 bridgehead atoms. The van der Waals surface area contributed by atoms with E-state index in [1.165, 1.54) is 13.3 Å². The Hall–Kier alpha value is -1.83. The van der Waals surface area contributed by atoms with Gasteiger partial charge >= 0.3 is 14.2 Å². The molecule has 0 unspecified atom stereocenters. The van der Waals surface area contributed by atoms with Crippen molar-refractivity contribution in [1.82, 2.24) is 4.98 Å². The van der Waals surface area contributed by atoms with Crippen molar-refractivity contribution >= 4 is 37.4 Å². The fourth-order valence-corrected chi connectivity index (χ4v) is 2.84. The van der Waals surface area contributed by atoms with Gasteiger partial charge in [-0.25, -0.2) is 9.78 Å². The largest absolute Gasteiger partial charge is 0.479 e. The number of hydrogen-bond acceptors (Lipinski definition) is 8. The Labute approximate surface area is 186 Å². The van der Waals surface area contributed by atoms with Crippen LogP contribution in [0.2, 0.25) is 10.0 Å². The molecule has 0 spiro atoms. The average molecular weight is 480 g/mol. The number of pyridine rings is 1. The lowest BCUT2D eigenvalue weighted by molar-refractivity contribution is -0.147. The van der Waals surface area contributed by atoms with Gasteiger partial charge in [-0.2, -0.15) is 0 Å². The summed E-state index contributed by atoms with van der Waals surface area (Å²) < 4.78 is 35.2. The van der Waals surface area contributed by atoms with Gasteiger partial charge < -0.3 is 23.3 Å². The van der Waals surface area contributed by atoms with E-state index >= 15 is 0 Å². The van der Waals surface area contributed by atoms with Gasteiger partial charge in [0.2, 0.25) is 5.88 Å². The summed E-state index contributed by atoms with van der Waals surface area (Å²) in [5, 5.41) is 0.741. The maximum Gasteiger partial charge on any atom is 0.346 e. The number of aromatic nitrogens is 1. The third-order valence-electron chi connectivity index (χ3n) is 3.18. The van der Waals surface area contributed by atoms with Crippen molar-refractivity contribution in [1.29, 1.82) is 0 Å². The number of carbonyl (C=O) groups excluding carboxylic acids is 1. The van der Waals surface area contributed by atoms with Crippen molar-refractivity contribution in [2.75, 3.05) is 20.3 Å². The summed E-state index contributed by atoms with van der Waals surface area (Å²) in [6, 6.07) is 8.22. The van der Waals surface area contributed by atoms with Crippen molar-refractivity contribution in [2.24, 2.45) is 0 Å². The number of hydrogen-bond donors (Lipinski definition) is 0. The molecule has 1 aromatic heterocycles. The normalized spacial score (nSPS) is 11.3. The van der Waals surface area contributed by atoms with Crippen LogP contribution < -0.4 is 9.47 Å². The van der Waals surface area contributed by atoms with E-state index in [1.54, 1.807) is 51.1 Å². The Balaban J connectivity index is 0.000000479. The lowest BCUT2D eigenvalue weighted by Gasteiger charge is -2.13. The zero-order chi connectivity index (χ0) is 22.5. The van der Waals surface area contributed by atoms with Crippen LogP contribution in [0.5, 0.6) is 17.4 Å². The number of ether oxygens (including phenoxy) is 3. The summed E-state index contributed by atoms with van der Waals surface area (Å²) in [5.41, 5.74) is 0. The minimum Gasteiger partial charge on any atom is -0.479 e. The molecule has 0 N–H and O–H groups in total. The Kier molecular flexibility index (Phi) is 12.4. The number of halogens is 2. The van der Waals surface area contributed by atoms with E-state index in [2.05, 4.69) is 18.8 Å². The molecule has 0 saturated carbocycles. The van der Waals surface area contributed by atoms with Crippen LogP contribution in [0.1, 0.15) is 20.8 Å². The SMILES string of the molecule is CCO[PH](=O)OCC.COC(=O)[C@@H](C)Oc1ccc(Oc2ncc(Cl)cc2Cl)cc1. The van der Waals surface area contributed by atoms with Crippen molar-refractivity contribution in [3.63, 3.8) is 0 Å². The predicted octanol–water partition coefficient (Wildman–Crippen LogP) is 5.57. The molecule has 0 amide bonds. The molecule has 8 nitrogen and oxygen atoms in total. The van der Waals surface area contributed by atoms with Gasteiger partial charge in [-0.15, -0.1) is 0 Å². The van der Waals surface area contributed by atoms with Crippen LogP contribution in [0.25, 0.3) is 0 Å². The first kappa shape index (κ1) is 26.2. The van der Waals surface area contributed by atoms with Gasteiger partial charge in [0.25, 0.3) is 0 Å². The summed E-state index contributed by atoms with van der Waals surface area (Å²) in [5.74, 6) is 0.843. The molecule has 0 fully saturated rings. The van der Waals surface area contributed by atoms with Crippen molar-refractivity contribution in [3.8, 4) is 17.4 Å². The maximum absolute atomic E-state index is 11.3. The highest BCUT2D eigenvalue weighted by atomic mass is 35.5. The lowest BCUT2D eigenvalue weighted by atomic mass is 10.3. The van der Waals surface area contributed by atoms with E-state index in [9.17, 15) is 9.36 Å². The zero-order valence-electron chi connectivity index (χ0n) is 17.0. The first-order valence-electron chi connectivity index (χ1n) is 8.93. The number of carbonyl (C=O) groups is 1. The summed E-state index contributed by atoms with van der Waals surface area (Å²) in [4.78, 5) is 15.3. The van der Waals surface area contributed by atoms with Crippen molar-refractivity contribution in [2.45, 2.75) is 26.9 Å². The van der Waals surface area contributed by atoms with Crippen LogP contribution in [-0.4, -0.2) is 37.4 Å². The molecule has 1 aromatic carbocycles. The van der Waals surface area contributed by atoms with E-state index < -0.39 is 20.3 Å². The van der Waals surface area contributed by atoms with E-state index in [0.29, 0.717) is 34.8 Å². The second-order valence-electron chi connectivity index (χ2n) is 5.41. The highest BCUT2D eigenvalue weighted by Crippen LogP contribution is 2.30. The summed E-state index contributed by atoms with van der Waals surface area (Å²) >= 11 is 11.8. The first-order chi connectivity index (χ1) is 14.3. The number of esters is 1. The number of methoxy groups -OCH3 is 1. The van der Waals surface area contributed by atoms with E-state index in [1.807, 2.05) is 0 Å². The summed E-state index contributed by atoms with van der Waals surface area (Å²) in [6.07, 6.45) is 0.752. The standard InChI is InChI=1S/C15H13Cl2NO4.C4H11O3P/c1-9(15(19)20-2)21-11-3-5-12(6-4-11)22-14-13(17)7-10(16)8-18-14;1-3-6-8(5)7-4-2/h3-9H,1-2H3;8H,3-4H2,1-2H3/t9-;/m1./s1. The number of rotatable bonds is 9. The Morgan fingerprint density at radius 2 is 1.67 bits per heavy atom. The summed E-state index contributed by atoms with van der Waals surface area (Å²) in [6.45, 7) is 6.08. The predicted molar refractivity (Wildman–Crippen MR) is 115 cm³/mol. The molecular formula is C19H24Cl2NO7P. The molecule has 30 heavy (non-hydrogen) atoms. The quantitative estimate of drug-likeness (QED) is 0.340. The van der Waals surface area contributed by atoms with Crippen LogP contribution in [0.3, 0.4) is 0 Å². The van der Waals surface area contributed by atoms with Gasteiger partial charge in [0.15, 0.2) is 6.10 Å². The zero-order valence-corrected chi connectivity index (χ0v) is 19.5. The van der Waals surface area contributed by atoms with Gasteiger partial charge in [0, 0.05) is 6.20 Å². The molecular weight excluding hydrogens is 456 g/mol. The van der Waals surface area contributed by atoms with E-state index in [-0.39, 0.29) is 5.88 Å². The molecule has 0 aliphatic carbocycles. The van der Waals surface area contributed by atoms with E-state index in [4.69, 9.17) is 32.7 Å². The molecule has 0 radical (unpaired) electrons. The Morgan fingerprint density at radius 3 is 2.17 bits per heavy atom. The number of benzene rings is 1. The second kappa shape index (κ2) is 14.2. The Bertz CT molecular complexity index is 813. The van der Waals surface area contributed by atoms with Crippen LogP contribution in [0.15, 0.2) is 36.5 Å². The van der Waals surface area contributed by atoms with E-state index in [0.717, 1.165) is 0 Å². The average Bonchev–Trinajstić information content (AvgIpc) is 2.71. The molecule has 0 aliphatic rings. The minimum atomic E-state index is -2.14. The second-order valence-corrected chi connectivity index (χ2v) is 7.33. The third kappa shape index (κ3) is 9.78. The summed E-state index contributed by atoms with van der Waals surface area (Å²) in [7, 11) is -0.834. The van der Waals surface area contributed by atoms with Gasteiger partial charge in [-0.1, -0.05) is 23.2 Å². The maximum atomic E-state index is 11.3. The minimum absolute atomic E-state index is 0.252. The fraction of sp³-hybridized carbons (Fsp3) is 0.368. The van der Waals surface area contributed by atoms with Crippen LogP contribution in [-0.2, 0) is 23.1 Å². The topological polar surface area (TPSA) is 93.2 Å². The van der Waals surface area contributed by atoms with Gasteiger partial charge in [0.1, 0.15) is 16.5 Å². The lowest BCUT2D eigenvalue weighted by Crippen LogP contribution is -2.24. The molecule has 0 aliphatic heterocycles. The van der Waals surface area contributed by atoms with Gasteiger partial charge in [-0.05, 0) is 51.1 Å². The van der Waals surface area contributed by atoms with Gasteiger partial charge in [0.05, 0.1) is 25.3 Å². The third-order valence-corrected chi connectivity index (χ3v) is 4.71. The highest BCUT2D eigenvalue weighted by molar-refractivity contribution is 7.33. The van der Waals surface area contributed by atoms with Crippen molar-refractivity contribution in [3.05, 3.63) is 46.6 Å². The first-order valence-corrected chi connectivity index (χ1v) is 10.9. The van der Waals surface area contributed by atoms with Crippen LogP contribution in [0, 0.1) is 0 Å². The molecule has 1 heterocycles. The molecule has 166 valence electrons. The smallest absolute Gasteiger partial charge is 0.346 e. The fourth-order valence-electron chi connectivity index (χ4n) is 1.87. The molecule has 1 atom stereocenters. The monoisotopic (exact) mass is 479 g/mol. The number of nitrogens with zero attached hydrogens (tertiary/aromatic N) is 1. The van der Waals surface area contributed by atoms with Crippen LogP contribution >= 0.6 is 31.5 Å².